The van der Waals surface area contributed by atoms with Crippen LogP contribution in [0.15, 0.2) is 81.4 Å². The second-order valence-corrected chi connectivity index (χ2v) is 11.3. The van der Waals surface area contributed by atoms with Gasteiger partial charge in [0.05, 0.1) is 23.4 Å². The zero-order chi connectivity index (χ0) is 25.2. The molecule has 182 valence electrons. The molecule has 2 aliphatic rings. The van der Waals surface area contributed by atoms with Gasteiger partial charge in [-0.25, -0.2) is 0 Å². The maximum atomic E-state index is 13.4. The first kappa shape index (κ1) is 24.9. The van der Waals surface area contributed by atoms with E-state index in [1.165, 1.54) is 11.8 Å². The van der Waals surface area contributed by atoms with Crippen LogP contribution in [0.1, 0.15) is 18.4 Å². The van der Waals surface area contributed by atoms with E-state index in [1.807, 2.05) is 72.8 Å². The van der Waals surface area contributed by atoms with Crippen LogP contribution in [-0.2, 0) is 9.59 Å². The molecule has 9 heteroatoms. The number of para-hydroxylation sites is 1. The second-order valence-electron chi connectivity index (χ2n) is 8.12. The summed E-state index contributed by atoms with van der Waals surface area (Å²) in [6.07, 6.45) is 2.56. The molecule has 0 bridgehead atoms. The van der Waals surface area contributed by atoms with Crippen LogP contribution < -0.4 is 9.64 Å². The van der Waals surface area contributed by atoms with Gasteiger partial charge in [0.25, 0.3) is 5.91 Å². The molecule has 3 aromatic rings. The van der Waals surface area contributed by atoms with Crippen LogP contribution in [0.3, 0.4) is 0 Å². The number of benzene rings is 3. The van der Waals surface area contributed by atoms with Gasteiger partial charge in [-0.15, -0.1) is 0 Å². The number of hydrogen-bond donors (Lipinski definition) is 0. The highest BCUT2D eigenvalue weighted by atomic mass is 35.5. The minimum absolute atomic E-state index is 0.0522. The number of thioether (sulfide) groups is 1. The number of nitrogens with zero attached hydrogens (tertiary/aromatic N) is 2. The van der Waals surface area contributed by atoms with Crippen molar-refractivity contribution < 1.29 is 14.3 Å². The summed E-state index contributed by atoms with van der Waals surface area (Å²) >= 11 is 14.6. The summed E-state index contributed by atoms with van der Waals surface area (Å²) in [6.45, 7) is 0.374. The highest BCUT2D eigenvalue weighted by molar-refractivity contribution is 8.26. The Morgan fingerprint density at radius 1 is 1.03 bits per heavy atom. The number of methoxy groups -OCH3 is 1. The number of carbonyl (C=O) groups is 2. The highest BCUT2D eigenvalue weighted by Crippen LogP contribution is 2.49. The highest BCUT2D eigenvalue weighted by Gasteiger charge is 2.33. The van der Waals surface area contributed by atoms with Crippen molar-refractivity contribution in [3.63, 3.8) is 0 Å². The molecule has 2 heterocycles. The SMILES string of the molecule is COc1cccc(/C=C2\SC(=S)N(CCCC(=O)N3c4ccccc4Sc4ccc(Cl)cc43)C2=O)c1. The molecule has 1 saturated heterocycles. The molecule has 0 aliphatic carbocycles. The van der Waals surface area contributed by atoms with Crippen molar-refractivity contribution in [2.45, 2.75) is 22.6 Å². The van der Waals surface area contributed by atoms with E-state index in [0.717, 1.165) is 32.5 Å². The summed E-state index contributed by atoms with van der Waals surface area (Å²) in [4.78, 5) is 32.3. The number of thiocarbonyl (C=S) groups is 1. The molecule has 0 spiro atoms. The Labute approximate surface area is 228 Å². The predicted molar refractivity (Wildman–Crippen MR) is 151 cm³/mol. The van der Waals surface area contributed by atoms with Crippen molar-refractivity contribution in [2.75, 3.05) is 18.6 Å². The molecule has 0 atom stereocenters. The smallest absolute Gasteiger partial charge is 0.266 e. The summed E-state index contributed by atoms with van der Waals surface area (Å²) < 4.78 is 5.76. The first-order chi connectivity index (χ1) is 17.4. The third-order valence-corrected chi connectivity index (χ3v) is 8.52. The molecule has 2 aliphatic heterocycles. The number of fused-ring (bicyclic) bond motifs is 2. The summed E-state index contributed by atoms with van der Waals surface area (Å²) in [7, 11) is 1.61. The van der Waals surface area contributed by atoms with Gasteiger partial charge in [-0.3, -0.25) is 19.4 Å². The molecule has 2 amide bonds. The summed E-state index contributed by atoms with van der Waals surface area (Å²) in [5, 5.41) is 0.576. The van der Waals surface area contributed by atoms with Gasteiger partial charge >= 0.3 is 0 Å². The Balaban J connectivity index is 1.28. The van der Waals surface area contributed by atoms with Gasteiger partial charge in [0.2, 0.25) is 5.91 Å². The summed E-state index contributed by atoms with van der Waals surface area (Å²) in [6, 6.07) is 20.9. The molecule has 36 heavy (non-hydrogen) atoms. The zero-order valence-electron chi connectivity index (χ0n) is 19.3. The van der Waals surface area contributed by atoms with E-state index < -0.39 is 0 Å². The van der Waals surface area contributed by atoms with E-state index in [0.29, 0.717) is 27.2 Å². The van der Waals surface area contributed by atoms with Crippen LogP contribution in [0.4, 0.5) is 11.4 Å². The minimum atomic E-state index is -0.142. The standard InChI is InChI=1S/C27H21ClN2O3S3/c1-33-19-7-4-6-17(14-19)15-24-26(32)29(27(34)36-24)13-5-10-25(31)30-20-8-2-3-9-22(20)35-23-12-11-18(28)16-21(23)30/h2-4,6-9,11-12,14-16H,5,10,13H2,1H3/b24-15-. The van der Waals surface area contributed by atoms with Crippen molar-refractivity contribution in [2.24, 2.45) is 0 Å². The van der Waals surface area contributed by atoms with Gasteiger partial charge in [0.15, 0.2) is 0 Å². The van der Waals surface area contributed by atoms with Gasteiger partial charge in [-0.1, -0.05) is 71.6 Å². The lowest BCUT2D eigenvalue weighted by atomic mass is 10.1. The maximum absolute atomic E-state index is 13.4. The molecule has 5 nitrogen and oxygen atoms in total. The van der Waals surface area contributed by atoms with Crippen molar-refractivity contribution in [3.8, 4) is 5.75 Å². The van der Waals surface area contributed by atoms with E-state index in [-0.39, 0.29) is 18.2 Å². The Kier molecular flexibility index (Phi) is 7.39. The van der Waals surface area contributed by atoms with Gasteiger partial charge in [-0.2, -0.15) is 0 Å². The molecule has 3 aromatic carbocycles. The number of amides is 2. The van der Waals surface area contributed by atoms with Gasteiger partial charge in [0, 0.05) is 27.8 Å². The van der Waals surface area contributed by atoms with E-state index in [2.05, 4.69) is 0 Å². The van der Waals surface area contributed by atoms with E-state index in [1.54, 1.807) is 28.7 Å². The number of carbonyl (C=O) groups excluding carboxylic acids is 2. The third kappa shape index (κ3) is 5.04. The topological polar surface area (TPSA) is 49.9 Å². The summed E-state index contributed by atoms with van der Waals surface area (Å²) in [5.41, 5.74) is 2.49. The van der Waals surface area contributed by atoms with E-state index >= 15 is 0 Å². The van der Waals surface area contributed by atoms with Crippen LogP contribution in [0.5, 0.6) is 5.75 Å². The number of hydrogen-bond acceptors (Lipinski definition) is 6. The van der Waals surface area contributed by atoms with Crippen molar-refractivity contribution >= 4 is 80.9 Å². The minimum Gasteiger partial charge on any atom is -0.497 e. The Bertz CT molecular complexity index is 1410. The molecule has 0 N–H and O–H groups in total. The first-order valence-electron chi connectivity index (χ1n) is 11.2. The van der Waals surface area contributed by atoms with Crippen LogP contribution >= 0.6 is 47.3 Å². The Morgan fingerprint density at radius 2 is 1.83 bits per heavy atom. The molecule has 1 fully saturated rings. The van der Waals surface area contributed by atoms with Crippen molar-refractivity contribution in [3.05, 3.63) is 82.2 Å². The molecular formula is C27H21ClN2O3S3. The molecule has 5 rings (SSSR count). The first-order valence-corrected chi connectivity index (χ1v) is 13.7. The third-order valence-electron chi connectivity index (χ3n) is 5.77. The Hall–Kier alpha value is -2.78. The monoisotopic (exact) mass is 552 g/mol. The predicted octanol–water partition coefficient (Wildman–Crippen LogP) is 7.16. The van der Waals surface area contributed by atoms with E-state index in [4.69, 9.17) is 28.6 Å². The fourth-order valence-corrected chi connectivity index (χ4v) is 6.59. The van der Waals surface area contributed by atoms with Crippen LogP contribution in [0, 0.1) is 0 Å². The molecule has 0 saturated carbocycles. The normalized spacial score (nSPS) is 15.8. The maximum Gasteiger partial charge on any atom is 0.266 e. The zero-order valence-corrected chi connectivity index (χ0v) is 22.5. The fourth-order valence-electron chi connectivity index (χ4n) is 4.07. The Morgan fingerprint density at radius 3 is 2.67 bits per heavy atom. The van der Waals surface area contributed by atoms with Crippen LogP contribution in [0.25, 0.3) is 6.08 Å². The van der Waals surface area contributed by atoms with Gasteiger partial charge in [-0.05, 0) is 60.5 Å². The van der Waals surface area contributed by atoms with Crippen molar-refractivity contribution in [1.29, 1.82) is 0 Å². The number of anilines is 2. The van der Waals surface area contributed by atoms with Crippen molar-refractivity contribution in [1.82, 2.24) is 4.90 Å². The van der Waals surface area contributed by atoms with E-state index in [9.17, 15) is 9.59 Å². The number of rotatable bonds is 6. The van der Waals surface area contributed by atoms with Crippen LogP contribution in [-0.4, -0.2) is 34.7 Å². The molecule has 0 aromatic heterocycles. The molecule has 0 unspecified atom stereocenters. The average Bonchev–Trinajstić information content (AvgIpc) is 3.14. The quantitative estimate of drug-likeness (QED) is 0.239. The second kappa shape index (κ2) is 10.7. The van der Waals surface area contributed by atoms with Gasteiger partial charge in [0.1, 0.15) is 10.1 Å². The lowest BCUT2D eigenvalue weighted by Gasteiger charge is -2.31. The fraction of sp³-hybridized carbons (Fsp3) is 0.148. The lowest BCUT2D eigenvalue weighted by molar-refractivity contribution is -0.123. The lowest BCUT2D eigenvalue weighted by Crippen LogP contribution is -2.32. The number of ether oxygens (including phenoxy) is 1. The average molecular weight is 553 g/mol. The largest absolute Gasteiger partial charge is 0.497 e. The van der Waals surface area contributed by atoms with Crippen LogP contribution in [0.2, 0.25) is 5.02 Å². The molecular weight excluding hydrogens is 532 g/mol. The number of halogens is 1. The molecule has 0 radical (unpaired) electrons. The van der Waals surface area contributed by atoms with Gasteiger partial charge < -0.3 is 4.74 Å². The summed E-state index contributed by atoms with van der Waals surface area (Å²) in [5.74, 6) is 0.527.